The zero-order valence-electron chi connectivity index (χ0n) is 8.62. The molecule has 0 radical (unpaired) electrons. The van der Waals surface area contributed by atoms with Crippen molar-refractivity contribution < 1.29 is 0 Å². The Bertz CT molecular complexity index is 336. The van der Waals surface area contributed by atoms with Crippen LogP contribution < -0.4 is 10.6 Å². The summed E-state index contributed by atoms with van der Waals surface area (Å²) in [6.07, 6.45) is 5.60. The Morgan fingerprint density at radius 1 is 1.33 bits per heavy atom. The molecule has 15 heavy (non-hydrogen) atoms. The highest BCUT2D eigenvalue weighted by atomic mass is 79.9. The molecule has 4 nitrogen and oxygen atoms in total. The maximum absolute atomic E-state index is 5.56. The summed E-state index contributed by atoms with van der Waals surface area (Å²) in [6, 6.07) is 0. The van der Waals surface area contributed by atoms with E-state index in [2.05, 4.69) is 30.8 Å². The van der Waals surface area contributed by atoms with Crippen molar-refractivity contribution in [2.45, 2.75) is 25.8 Å². The molecule has 0 atom stereocenters. The quantitative estimate of drug-likeness (QED) is 0.832. The summed E-state index contributed by atoms with van der Waals surface area (Å²) in [5, 5.41) is 0. The molecule has 0 bridgehead atoms. The number of nitrogens with two attached hydrogens (primary N) is 1. The first-order chi connectivity index (χ1) is 7.31. The van der Waals surface area contributed by atoms with E-state index in [1.165, 1.54) is 19.3 Å². The fourth-order valence-corrected chi connectivity index (χ4v) is 2.18. The van der Waals surface area contributed by atoms with E-state index in [0.717, 1.165) is 29.2 Å². The van der Waals surface area contributed by atoms with Crippen LogP contribution in [-0.4, -0.2) is 23.1 Å². The summed E-state index contributed by atoms with van der Waals surface area (Å²) in [7, 11) is 0. The molecule has 0 unspecified atom stereocenters. The molecule has 2 rings (SSSR count). The summed E-state index contributed by atoms with van der Waals surface area (Å²) in [5.41, 5.74) is 6.51. The second kappa shape index (κ2) is 4.90. The number of nitrogens with zero attached hydrogens (tertiary/aromatic N) is 3. The number of halogens is 1. The SMILES string of the molecule is NCc1cnc(N2CCCCC2)nc1Br. The van der Waals surface area contributed by atoms with Crippen molar-refractivity contribution in [3.8, 4) is 0 Å². The van der Waals surface area contributed by atoms with Crippen molar-refractivity contribution in [3.05, 3.63) is 16.4 Å². The molecule has 1 saturated heterocycles. The fourth-order valence-electron chi connectivity index (χ4n) is 1.76. The van der Waals surface area contributed by atoms with Gasteiger partial charge in [0.05, 0.1) is 0 Å². The monoisotopic (exact) mass is 270 g/mol. The first-order valence-electron chi connectivity index (χ1n) is 5.27. The van der Waals surface area contributed by atoms with E-state index in [1.807, 2.05) is 0 Å². The molecule has 2 N–H and O–H groups in total. The van der Waals surface area contributed by atoms with E-state index < -0.39 is 0 Å². The molecular formula is C10H15BrN4. The Hall–Kier alpha value is -0.680. The van der Waals surface area contributed by atoms with Gasteiger partial charge in [-0.3, -0.25) is 0 Å². The Morgan fingerprint density at radius 3 is 2.67 bits per heavy atom. The summed E-state index contributed by atoms with van der Waals surface area (Å²) in [5.74, 6) is 0.818. The van der Waals surface area contributed by atoms with Gasteiger partial charge in [-0.1, -0.05) is 0 Å². The topological polar surface area (TPSA) is 55.0 Å². The molecule has 5 heteroatoms. The number of hydrogen-bond acceptors (Lipinski definition) is 4. The molecule has 82 valence electrons. The third kappa shape index (κ3) is 2.46. The van der Waals surface area contributed by atoms with Gasteiger partial charge in [0.15, 0.2) is 0 Å². The lowest BCUT2D eigenvalue weighted by molar-refractivity contribution is 0.567. The number of anilines is 1. The molecule has 1 aromatic rings. The molecule has 0 saturated carbocycles. The molecule has 0 aromatic carbocycles. The highest BCUT2D eigenvalue weighted by molar-refractivity contribution is 9.10. The van der Waals surface area contributed by atoms with Crippen LogP contribution in [0.1, 0.15) is 24.8 Å². The van der Waals surface area contributed by atoms with Crippen LogP contribution in [-0.2, 0) is 6.54 Å². The predicted molar refractivity (Wildman–Crippen MR) is 63.7 cm³/mol. The second-order valence-corrected chi connectivity index (χ2v) is 4.49. The predicted octanol–water partition coefficient (Wildman–Crippen LogP) is 1.69. The number of hydrogen-bond donors (Lipinski definition) is 1. The first kappa shape index (κ1) is 10.8. The first-order valence-corrected chi connectivity index (χ1v) is 6.07. The molecule has 0 aliphatic carbocycles. The minimum absolute atomic E-state index is 0.473. The van der Waals surface area contributed by atoms with Crippen molar-refractivity contribution in [1.29, 1.82) is 0 Å². The van der Waals surface area contributed by atoms with Crippen LogP contribution >= 0.6 is 15.9 Å². The van der Waals surface area contributed by atoms with Gasteiger partial charge in [0.25, 0.3) is 0 Å². The van der Waals surface area contributed by atoms with Gasteiger partial charge in [-0.15, -0.1) is 0 Å². The highest BCUT2D eigenvalue weighted by Crippen LogP contribution is 2.19. The third-order valence-electron chi connectivity index (χ3n) is 2.66. The highest BCUT2D eigenvalue weighted by Gasteiger charge is 2.14. The molecule has 1 aliphatic rings. The van der Waals surface area contributed by atoms with Gasteiger partial charge in [-0.05, 0) is 35.2 Å². The lowest BCUT2D eigenvalue weighted by Crippen LogP contribution is -2.31. The van der Waals surface area contributed by atoms with Gasteiger partial charge in [0.1, 0.15) is 4.60 Å². The van der Waals surface area contributed by atoms with Crippen LogP contribution in [0.25, 0.3) is 0 Å². The largest absolute Gasteiger partial charge is 0.341 e. The van der Waals surface area contributed by atoms with Gasteiger partial charge >= 0.3 is 0 Å². The molecule has 0 amide bonds. The summed E-state index contributed by atoms with van der Waals surface area (Å²) in [6.45, 7) is 2.60. The lowest BCUT2D eigenvalue weighted by atomic mass is 10.1. The zero-order valence-corrected chi connectivity index (χ0v) is 10.2. The third-order valence-corrected chi connectivity index (χ3v) is 3.34. The molecular weight excluding hydrogens is 256 g/mol. The van der Waals surface area contributed by atoms with Crippen LogP contribution in [0.15, 0.2) is 10.8 Å². The van der Waals surface area contributed by atoms with Gasteiger partial charge in [-0.25, -0.2) is 9.97 Å². The van der Waals surface area contributed by atoms with E-state index in [-0.39, 0.29) is 0 Å². The molecule has 0 spiro atoms. The van der Waals surface area contributed by atoms with E-state index in [9.17, 15) is 0 Å². The van der Waals surface area contributed by atoms with Crippen molar-refractivity contribution in [1.82, 2.24) is 9.97 Å². The average Bonchev–Trinajstić information content (AvgIpc) is 2.30. The van der Waals surface area contributed by atoms with Crippen molar-refractivity contribution in [2.24, 2.45) is 5.73 Å². The number of aromatic nitrogens is 2. The van der Waals surface area contributed by atoms with Crippen molar-refractivity contribution >= 4 is 21.9 Å². The maximum atomic E-state index is 5.56. The Kier molecular flexibility index (Phi) is 3.53. The summed E-state index contributed by atoms with van der Waals surface area (Å²) < 4.78 is 0.820. The molecule has 1 fully saturated rings. The van der Waals surface area contributed by atoms with E-state index in [1.54, 1.807) is 6.20 Å². The minimum atomic E-state index is 0.473. The summed E-state index contributed by atoms with van der Waals surface area (Å²) in [4.78, 5) is 11.0. The summed E-state index contributed by atoms with van der Waals surface area (Å²) >= 11 is 3.42. The average molecular weight is 271 g/mol. The van der Waals surface area contributed by atoms with Gasteiger partial charge in [0, 0.05) is 31.4 Å². The van der Waals surface area contributed by atoms with Gasteiger partial charge < -0.3 is 10.6 Å². The Balaban J connectivity index is 2.17. The second-order valence-electron chi connectivity index (χ2n) is 3.74. The maximum Gasteiger partial charge on any atom is 0.226 e. The van der Waals surface area contributed by atoms with Crippen molar-refractivity contribution in [3.63, 3.8) is 0 Å². The van der Waals surface area contributed by atoms with Gasteiger partial charge in [0.2, 0.25) is 5.95 Å². The van der Waals surface area contributed by atoms with Crippen LogP contribution in [0.3, 0.4) is 0 Å². The van der Waals surface area contributed by atoms with E-state index in [0.29, 0.717) is 6.54 Å². The zero-order chi connectivity index (χ0) is 10.7. The molecule has 1 aromatic heterocycles. The number of rotatable bonds is 2. The smallest absolute Gasteiger partial charge is 0.226 e. The van der Waals surface area contributed by atoms with Crippen LogP contribution in [0.5, 0.6) is 0 Å². The minimum Gasteiger partial charge on any atom is -0.341 e. The van der Waals surface area contributed by atoms with E-state index >= 15 is 0 Å². The molecule has 1 aliphatic heterocycles. The molecule has 2 heterocycles. The Labute approximate surface area is 98.0 Å². The van der Waals surface area contributed by atoms with E-state index in [4.69, 9.17) is 5.73 Å². The van der Waals surface area contributed by atoms with Crippen LogP contribution in [0.2, 0.25) is 0 Å². The van der Waals surface area contributed by atoms with Crippen LogP contribution in [0.4, 0.5) is 5.95 Å². The fraction of sp³-hybridized carbons (Fsp3) is 0.600. The Morgan fingerprint density at radius 2 is 2.07 bits per heavy atom. The normalized spacial score (nSPS) is 16.8. The standard InChI is InChI=1S/C10H15BrN4/c11-9-8(6-12)7-13-10(14-9)15-4-2-1-3-5-15/h7H,1-6,12H2. The van der Waals surface area contributed by atoms with Gasteiger partial charge in [-0.2, -0.15) is 0 Å². The lowest BCUT2D eigenvalue weighted by Gasteiger charge is -2.26. The van der Waals surface area contributed by atoms with Crippen molar-refractivity contribution in [2.75, 3.05) is 18.0 Å². The van der Waals surface area contributed by atoms with Crippen LogP contribution in [0, 0.1) is 0 Å². The number of piperidine rings is 1.